The van der Waals surface area contributed by atoms with Gasteiger partial charge in [-0.3, -0.25) is 14.5 Å². The standard InChI is InChI=1S/C22H26ClN3O3/c1-16-7-9-18(10-8-16)29-17(2)22(28)26-13-11-25(12-14-26)15-21(27)24-20-6-4-3-5-19(20)23/h3-10,17H,11-15H2,1-2H3,(H,24,27). The molecule has 7 heteroatoms. The van der Waals surface area contributed by atoms with Crippen LogP contribution in [0.2, 0.25) is 5.02 Å². The molecule has 29 heavy (non-hydrogen) atoms. The van der Waals surface area contributed by atoms with Crippen molar-refractivity contribution in [1.29, 1.82) is 0 Å². The van der Waals surface area contributed by atoms with Gasteiger partial charge >= 0.3 is 0 Å². The molecular formula is C22H26ClN3O3. The van der Waals surface area contributed by atoms with Gasteiger partial charge in [-0.15, -0.1) is 0 Å². The van der Waals surface area contributed by atoms with Crippen molar-refractivity contribution in [3.05, 3.63) is 59.1 Å². The molecule has 0 bridgehead atoms. The molecule has 3 rings (SSSR count). The van der Waals surface area contributed by atoms with Gasteiger partial charge in [0, 0.05) is 26.2 Å². The van der Waals surface area contributed by atoms with Gasteiger partial charge in [-0.2, -0.15) is 0 Å². The van der Waals surface area contributed by atoms with E-state index in [1.165, 1.54) is 0 Å². The Bertz CT molecular complexity index is 849. The molecule has 1 fully saturated rings. The lowest BCUT2D eigenvalue weighted by atomic mass is 10.2. The van der Waals surface area contributed by atoms with Gasteiger partial charge in [-0.25, -0.2) is 0 Å². The molecule has 1 aliphatic rings. The normalized spacial score (nSPS) is 15.6. The van der Waals surface area contributed by atoms with Gasteiger partial charge in [0.1, 0.15) is 5.75 Å². The maximum absolute atomic E-state index is 12.7. The van der Waals surface area contributed by atoms with Crippen LogP contribution in [0.1, 0.15) is 12.5 Å². The average Bonchev–Trinajstić information content (AvgIpc) is 2.71. The third-order valence-corrected chi connectivity index (χ3v) is 5.21. The summed E-state index contributed by atoms with van der Waals surface area (Å²) in [5, 5.41) is 3.34. The first-order valence-electron chi connectivity index (χ1n) is 9.71. The minimum Gasteiger partial charge on any atom is -0.481 e. The Balaban J connectivity index is 1.44. The smallest absolute Gasteiger partial charge is 0.263 e. The molecule has 0 spiro atoms. The van der Waals surface area contributed by atoms with Crippen molar-refractivity contribution in [2.75, 3.05) is 38.0 Å². The highest BCUT2D eigenvalue weighted by atomic mass is 35.5. The minimum absolute atomic E-state index is 0.0363. The van der Waals surface area contributed by atoms with Gasteiger partial charge in [0.05, 0.1) is 17.3 Å². The number of halogens is 1. The van der Waals surface area contributed by atoms with E-state index in [2.05, 4.69) is 5.32 Å². The van der Waals surface area contributed by atoms with Gasteiger partial charge in [0.15, 0.2) is 6.10 Å². The first kappa shape index (κ1) is 21.1. The maximum Gasteiger partial charge on any atom is 0.263 e. The number of nitrogens with one attached hydrogen (secondary N) is 1. The Labute approximate surface area is 176 Å². The second-order valence-electron chi connectivity index (χ2n) is 7.20. The summed E-state index contributed by atoms with van der Waals surface area (Å²) in [5.74, 6) is 0.533. The number of rotatable bonds is 6. The van der Waals surface area contributed by atoms with Crippen molar-refractivity contribution in [3.63, 3.8) is 0 Å². The predicted octanol–water partition coefficient (Wildman–Crippen LogP) is 3.20. The van der Waals surface area contributed by atoms with Gasteiger partial charge < -0.3 is 15.0 Å². The summed E-state index contributed by atoms with van der Waals surface area (Å²) < 4.78 is 5.77. The maximum atomic E-state index is 12.7. The van der Waals surface area contributed by atoms with E-state index in [4.69, 9.17) is 16.3 Å². The molecule has 2 aromatic carbocycles. The van der Waals surface area contributed by atoms with E-state index < -0.39 is 6.10 Å². The minimum atomic E-state index is -0.548. The Morgan fingerprint density at radius 1 is 1.07 bits per heavy atom. The lowest BCUT2D eigenvalue weighted by Crippen LogP contribution is -2.53. The van der Waals surface area contributed by atoms with Crippen molar-refractivity contribution in [3.8, 4) is 5.75 Å². The highest BCUT2D eigenvalue weighted by Gasteiger charge is 2.26. The molecule has 1 unspecified atom stereocenters. The summed E-state index contributed by atoms with van der Waals surface area (Å²) in [5.41, 5.74) is 1.75. The molecule has 1 heterocycles. The van der Waals surface area contributed by atoms with Crippen LogP contribution < -0.4 is 10.1 Å². The Kier molecular flexibility index (Phi) is 7.12. The molecule has 0 aliphatic carbocycles. The van der Waals surface area contributed by atoms with E-state index in [1.807, 2.05) is 48.2 Å². The topological polar surface area (TPSA) is 61.9 Å². The van der Waals surface area contributed by atoms with Crippen LogP contribution in [0.15, 0.2) is 48.5 Å². The molecule has 0 saturated carbocycles. The van der Waals surface area contributed by atoms with Crippen LogP contribution in [0.25, 0.3) is 0 Å². The van der Waals surface area contributed by atoms with Crippen molar-refractivity contribution >= 4 is 29.1 Å². The largest absolute Gasteiger partial charge is 0.481 e. The molecule has 2 aromatic rings. The summed E-state index contributed by atoms with van der Waals surface area (Å²) >= 11 is 6.08. The number of hydrogen-bond donors (Lipinski definition) is 1. The summed E-state index contributed by atoms with van der Waals surface area (Å²) in [6.45, 7) is 6.46. The second kappa shape index (κ2) is 9.76. The number of para-hydroxylation sites is 1. The fraction of sp³-hybridized carbons (Fsp3) is 0.364. The highest BCUT2D eigenvalue weighted by Crippen LogP contribution is 2.20. The number of anilines is 1. The molecule has 1 aliphatic heterocycles. The molecular weight excluding hydrogens is 390 g/mol. The third-order valence-electron chi connectivity index (χ3n) is 4.88. The molecule has 2 amide bonds. The predicted molar refractivity (Wildman–Crippen MR) is 114 cm³/mol. The van der Waals surface area contributed by atoms with Crippen LogP contribution in [-0.4, -0.2) is 60.4 Å². The zero-order valence-electron chi connectivity index (χ0n) is 16.7. The van der Waals surface area contributed by atoms with Crippen LogP contribution in [0.3, 0.4) is 0 Å². The number of piperazine rings is 1. The SMILES string of the molecule is Cc1ccc(OC(C)C(=O)N2CCN(CC(=O)Nc3ccccc3Cl)CC2)cc1. The van der Waals surface area contributed by atoms with Gasteiger partial charge in [-0.05, 0) is 38.1 Å². The van der Waals surface area contributed by atoms with Crippen LogP contribution in [0.4, 0.5) is 5.69 Å². The quantitative estimate of drug-likeness (QED) is 0.787. The fourth-order valence-electron chi connectivity index (χ4n) is 3.21. The van der Waals surface area contributed by atoms with Crippen molar-refractivity contribution in [2.24, 2.45) is 0 Å². The van der Waals surface area contributed by atoms with Crippen molar-refractivity contribution < 1.29 is 14.3 Å². The highest BCUT2D eigenvalue weighted by molar-refractivity contribution is 6.33. The Morgan fingerprint density at radius 2 is 1.72 bits per heavy atom. The zero-order valence-corrected chi connectivity index (χ0v) is 17.5. The summed E-state index contributed by atoms with van der Waals surface area (Å²) in [6.07, 6.45) is -0.548. The molecule has 154 valence electrons. The summed E-state index contributed by atoms with van der Waals surface area (Å²) in [6, 6.07) is 14.8. The van der Waals surface area contributed by atoms with E-state index in [-0.39, 0.29) is 18.4 Å². The number of aryl methyl sites for hydroxylation is 1. The van der Waals surface area contributed by atoms with E-state index in [0.717, 1.165) is 5.56 Å². The first-order chi connectivity index (χ1) is 13.9. The molecule has 6 nitrogen and oxygen atoms in total. The van der Waals surface area contributed by atoms with Crippen LogP contribution in [0.5, 0.6) is 5.75 Å². The lowest BCUT2D eigenvalue weighted by Gasteiger charge is -2.35. The average molecular weight is 416 g/mol. The number of nitrogens with zero attached hydrogens (tertiary/aromatic N) is 2. The zero-order chi connectivity index (χ0) is 20.8. The van der Waals surface area contributed by atoms with E-state index in [0.29, 0.717) is 42.6 Å². The molecule has 1 saturated heterocycles. The number of carbonyl (C=O) groups excluding carboxylic acids is 2. The van der Waals surface area contributed by atoms with Gasteiger partial charge in [0.25, 0.3) is 5.91 Å². The second-order valence-corrected chi connectivity index (χ2v) is 7.61. The van der Waals surface area contributed by atoms with Gasteiger partial charge in [-0.1, -0.05) is 41.4 Å². The van der Waals surface area contributed by atoms with E-state index in [9.17, 15) is 9.59 Å². The van der Waals surface area contributed by atoms with E-state index >= 15 is 0 Å². The number of amides is 2. The van der Waals surface area contributed by atoms with Gasteiger partial charge in [0.2, 0.25) is 5.91 Å². The fourth-order valence-corrected chi connectivity index (χ4v) is 3.39. The van der Waals surface area contributed by atoms with Crippen molar-refractivity contribution in [2.45, 2.75) is 20.0 Å². The van der Waals surface area contributed by atoms with E-state index in [1.54, 1.807) is 24.0 Å². The molecule has 1 atom stereocenters. The number of carbonyl (C=O) groups is 2. The third kappa shape index (κ3) is 5.95. The first-order valence-corrected chi connectivity index (χ1v) is 10.1. The number of ether oxygens (including phenoxy) is 1. The molecule has 1 N–H and O–H groups in total. The van der Waals surface area contributed by atoms with Crippen LogP contribution in [-0.2, 0) is 9.59 Å². The van der Waals surface area contributed by atoms with Crippen molar-refractivity contribution in [1.82, 2.24) is 9.80 Å². The summed E-state index contributed by atoms with van der Waals surface area (Å²) in [4.78, 5) is 28.8. The summed E-state index contributed by atoms with van der Waals surface area (Å²) in [7, 11) is 0. The number of benzene rings is 2. The molecule has 0 radical (unpaired) electrons. The van der Waals surface area contributed by atoms with Crippen LogP contribution >= 0.6 is 11.6 Å². The lowest BCUT2D eigenvalue weighted by molar-refractivity contribution is -0.139. The molecule has 0 aromatic heterocycles. The number of hydrogen-bond acceptors (Lipinski definition) is 4. The Morgan fingerprint density at radius 3 is 2.38 bits per heavy atom. The monoisotopic (exact) mass is 415 g/mol. The van der Waals surface area contributed by atoms with Crippen LogP contribution in [0, 0.1) is 6.92 Å². The Hall–Kier alpha value is -2.57.